The lowest BCUT2D eigenvalue weighted by atomic mass is 10.0. The van der Waals surface area contributed by atoms with Crippen molar-refractivity contribution in [2.75, 3.05) is 11.9 Å². The van der Waals surface area contributed by atoms with Crippen molar-refractivity contribution < 1.29 is 4.79 Å². The molecule has 0 aliphatic heterocycles. The summed E-state index contributed by atoms with van der Waals surface area (Å²) in [5.41, 5.74) is 8.23. The third-order valence-corrected chi connectivity index (χ3v) is 3.33. The molecule has 1 rings (SSSR count). The summed E-state index contributed by atoms with van der Waals surface area (Å²) >= 11 is 3.48. The van der Waals surface area contributed by atoms with Crippen LogP contribution in [0.25, 0.3) is 0 Å². The molecule has 0 atom stereocenters. The zero-order valence-corrected chi connectivity index (χ0v) is 13.0. The van der Waals surface area contributed by atoms with Crippen molar-refractivity contribution in [2.24, 2.45) is 5.73 Å². The van der Waals surface area contributed by atoms with E-state index in [9.17, 15) is 4.79 Å². The molecule has 0 aromatic heterocycles. The Kier molecular flexibility index (Phi) is 5.35. The van der Waals surface area contributed by atoms with Crippen LogP contribution < -0.4 is 16.0 Å². The van der Waals surface area contributed by atoms with Crippen LogP contribution in [-0.2, 0) is 12.8 Å². The van der Waals surface area contributed by atoms with E-state index in [0.717, 1.165) is 34.1 Å². The second kappa shape index (κ2) is 6.56. The summed E-state index contributed by atoms with van der Waals surface area (Å²) < 4.78 is 1.00. The van der Waals surface area contributed by atoms with Crippen molar-refractivity contribution in [1.29, 1.82) is 5.41 Å². The highest BCUT2D eigenvalue weighted by atomic mass is 79.9. The summed E-state index contributed by atoms with van der Waals surface area (Å²) in [6.07, 6.45) is 1.64. The lowest BCUT2D eigenvalue weighted by Gasteiger charge is -2.24. The van der Waals surface area contributed by atoms with Gasteiger partial charge in [-0.1, -0.05) is 29.8 Å². The molecule has 0 saturated heterocycles. The minimum absolute atomic E-state index is 0.356. The van der Waals surface area contributed by atoms with Gasteiger partial charge in [0.1, 0.15) is 0 Å². The maximum absolute atomic E-state index is 12.0. The molecular formula is C13H19BrN4O. The van der Waals surface area contributed by atoms with E-state index in [1.165, 1.54) is 4.90 Å². The lowest BCUT2D eigenvalue weighted by Crippen LogP contribution is -2.44. The maximum Gasteiger partial charge on any atom is 0.328 e. The molecule has 104 valence electrons. The first-order valence-corrected chi connectivity index (χ1v) is 6.90. The van der Waals surface area contributed by atoms with Crippen molar-refractivity contribution in [3.8, 4) is 0 Å². The summed E-state index contributed by atoms with van der Waals surface area (Å²) in [7, 11) is 1.68. The number of halogens is 1. The largest absolute Gasteiger partial charge is 0.370 e. The van der Waals surface area contributed by atoms with Crippen LogP contribution in [0.2, 0.25) is 0 Å². The zero-order valence-electron chi connectivity index (χ0n) is 11.4. The Balaban J connectivity index is 3.23. The smallest absolute Gasteiger partial charge is 0.328 e. The van der Waals surface area contributed by atoms with E-state index >= 15 is 0 Å². The zero-order chi connectivity index (χ0) is 14.6. The fourth-order valence-corrected chi connectivity index (χ4v) is 2.54. The second-order valence-electron chi connectivity index (χ2n) is 4.18. The monoisotopic (exact) mass is 326 g/mol. The number of anilines is 1. The lowest BCUT2D eigenvalue weighted by molar-refractivity contribution is 0.251. The Labute approximate surface area is 121 Å². The third-order valence-electron chi connectivity index (χ3n) is 2.88. The summed E-state index contributed by atoms with van der Waals surface area (Å²) in [6, 6.07) is 3.61. The van der Waals surface area contributed by atoms with Crippen LogP contribution >= 0.6 is 15.9 Å². The summed E-state index contributed by atoms with van der Waals surface area (Å²) in [5, 5.41) is 9.42. The van der Waals surface area contributed by atoms with Gasteiger partial charge < -0.3 is 5.73 Å². The van der Waals surface area contributed by atoms with E-state index in [2.05, 4.69) is 21.2 Å². The van der Waals surface area contributed by atoms with Gasteiger partial charge in [0.2, 0.25) is 0 Å². The second-order valence-corrected chi connectivity index (χ2v) is 5.10. The van der Waals surface area contributed by atoms with Crippen LogP contribution in [0, 0.1) is 5.41 Å². The number of benzene rings is 1. The Morgan fingerprint density at radius 2 is 1.84 bits per heavy atom. The molecule has 0 radical (unpaired) electrons. The summed E-state index contributed by atoms with van der Waals surface area (Å²) in [6.45, 7) is 4.09. The van der Waals surface area contributed by atoms with Gasteiger partial charge in [0.25, 0.3) is 0 Å². The average molecular weight is 327 g/mol. The third kappa shape index (κ3) is 3.70. The fourth-order valence-electron chi connectivity index (χ4n) is 1.99. The predicted octanol–water partition coefficient (Wildman–Crippen LogP) is 2.61. The molecule has 1 aromatic carbocycles. The predicted molar refractivity (Wildman–Crippen MR) is 81.7 cm³/mol. The molecular weight excluding hydrogens is 308 g/mol. The van der Waals surface area contributed by atoms with Crippen LogP contribution in [0.4, 0.5) is 10.5 Å². The maximum atomic E-state index is 12.0. The standard InChI is InChI=1S/C13H19BrN4O/c1-4-8-6-10(14)7-9(5-2)11(8)18(3)13(19)17-12(15)16/h6-7H,4-5H2,1-3H3,(H4,15,16,17,19). The number of carbonyl (C=O) groups is 1. The molecule has 0 spiro atoms. The normalized spacial score (nSPS) is 10.1. The van der Waals surface area contributed by atoms with Crippen LogP contribution in [0.1, 0.15) is 25.0 Å². The van der Waals surface area contributed by atoms with Gasteiger partial charge in [0.15, 0.2) is 5.96 Å². The van der Waals surface area contributed by atoms with Crippen LogP contribution in [0.5, 0.6) is 0 Å². The Bertz CT molecular complexity index is 476. The van der Waals surface area contributed by atoms with Crippen LogP contribution in [0.15, 0.2) is 16.6 Å². The minimum Gasteiger partial charge on any atom is -0.370 e. The number of amides is 2. The molecule has 5 nitrogen and oxygen atoms in total. The van der Waals surface area contributed by atoms with Gasteiger partial charge in [-0.25, -0.2) is 4.79 Å². The molecule has 0 bridgehead atoms. The van der Waals surface area contributed by atoms with Crippen LogP contribution in [0.3, 0.4) is 0 Å². The highest BCUT2D eigenvalue weighted by Crippen LogP contribution is 2.30. The van der Waals surface area contributed by atoms with E-state index in [-0.39, 0.29) is 5.96 Å². The van der Waals surface area contributed by atoms with Gasteiger partial charge in [0.05, 0.1) is 5.69 Å². The molecule has 0 saturated carbocycles. The van der Waals surface area contributed by atoms with Crippen molar-refractivity contribution in [2.45, 2.75) is 26.7 Å². The number of nitrogens with two attached hydrogens (primary N) is 1. The molecule has 0 fully saturated rings. The van der Waals surface area contributed by atoms with Gasteiger partial charge in [-0.3, -0.25) is 15.6 Å². The van der Waals surface area contributed by atoms with Crippen molar-refractivity contribution in [3.63, 3.8) is 0 Å². The van der Waals surface area contributed by atoms with Gasteiger partial charge >= 0.3 is 6.03 Å². The number of hydrogen-bond donors (Lipinski definition) is 3. The first-order valence-electron chi connectivity index (χ1n) is 6.10. The van der Waals surface area contributed by atoms with E-state index in [1.54, 1.807) is 7.05 Å². The van der Waals surface area contributed by atoms with Crippen molar-refractivity contribution >= 4 is 33.6 Å². The van der Waals surface area contributed by atoms with E-state index in [4.69, 9.17) is 11.1 Å². The highest BCUT2D eigenvalue weighted by Gasteiger charge is 2.18. The van der Waals surface area contributed by atoms with Crippen molar-refractivity contribution in [3.05, 3.63) is 27.7 Å². The Hall–Kier alpha value is -1.56. The van der Waals surface area contributed by atoms with Gasteiger partial charge in [0, 0.05) is 11.5 Å². The number of hydrogen-bond acceptors (Lipinski definition) is 2. The summed E-state index contributed by atoms with van der Waals surface area (Å²) in [5.74, 6) is -0.356. The molecule has 1 aromatic rings. The molecule has 0 aliphatic rings. The van der Waals surface area contributed by atoms with E-state index in [0.29, 0.717) is 0 Å². The number of aryl methyl sites for hydroxylation is 2. The number of nitrogens with zero attached hydrogens (tertiary/aromatic N) is 1. The molecule has 0 unspecified atom stereocenters. The van der Waals surface area contributed by atoms with Crippen LogP contribution in [-0.4, -0.2) is 19.0 Å². The number of carbonyl (C=O) groups excluding carboxylic acids is 1. The highest BCUT2D eigenvalue weighted by molar-refractivity contribution is 9.10. The van der Waals surface area contributed by atoms with E-state index < -0.39 is 6.03 Å². The van der Waals surface area contributed by atoms with E-state index in [1.807, 2.05) is 26.0 Å². The minimum atomic E-state index is -0.403. The number of guanidine groups is 1. The molecule has 4 N–H and O–H groups in total. The number of nitrogens with one attached hydrogen (secondary N) is 2. The number of rotatable bonds is 3. The molecule has 0 heterocycles. The SMILES string of the molecule is CCc1cc(Br)cc(CC)c1N(C)C(=O)NC(=N)N. The topological polar surface area (TPSA) is 82.2 Å². The first kappa shape index (κ1) is 15.5. The molecule has 6 heteroatoms. The first-order chi connectivity index (χ1) is 8.90. The summed E-state index contributed by atoms with van der Waals surface area (Å²) in [4.78, 5) is 13.5. The Morgan fingerprint density at radius 3 is 2.21 bits per heavy atom. The average Bonchev–Trinajstić information content (AvgIpc) is 2.35. The Morgan fingerprint density at radius 1 is 1.37 bits per heavy atom. The molecule has 0 aliphatic carbocycles. The van der Waals surface area contributed by atoms with Gasteiger partial charge in [-0.05, 0) is 36.1 Å². The van der Waals surface area contributed by atoms with Gasteiger partial charge in [-0.15, -0.1) is 0 Å². The van der Waals surface area contributed by atoms with Gasteiger partial charge in [-0.2, -0.15) is 0 Å². The van der Waals surface area contributed by atoms with Crippen molar-refractivity contribution in [1.82, 2.24) is 5.32 Å². The fraction of sp³-hybridized carbons (Fsp3) is 0.385. The molecule has 2 amide bonds. The quantitative estimate of drug-likeness (QED) is 0.589. The number of urea groups is 1. The molecule has 19 heavy (non-hydrogen) atoms.